The largest absolute Gasteiger partial charge is 0.392 e. The number of carbonyl (C=O) groups excluding carboxylic acids is 1. The molecule has 102 valence electrons. The summed E-state index contributed by atoms with van der Waals surface area (Å²) in [7, 11) is 0. The maximum Gasteiger partial charge on any atom is 0.138 e. The molecule has 0 aromatic rings. The van der Waals surface area contributed by atoms with Gasteiger partial charge in [0.1, 0.15) is 5.78 Å². The summed E-state index contributed by atoms with van der Waals surface area (Å²) in [6.45, 7) is 7.81. The van der Waals surface area contributed by atoms with Crippen molar-refractivity contribution in [2.24, 2.45) is 17.3 Å². The van der Waals surface area contributed by atoms with Gasteiger partial charge in [0.25, 0.3) is 0 Å². The van der Waals surface area contributed by atoms with Gasteiger partial charge in [-0.2, -0.15) is 0 Å². The van der Waals surface area contributed by atoms with Crippen LogP contribution in [0.4, 0.5) is 0 Å². The highest BCUT2D eigenvalue weighted by molar-refractivity contribution is 5.83. The van der Waals surface area contributed by atoms with E-state index in [1.165, 1.54) is 0 Å². The Hall–Kier alpha value is -0.670. The SMILES string of the molecule is C=C(CO)C1CCC2(C)CCC(=O)C(C)C2(O)C1. The van der Waals surface area contributed by atoms with Crippen LogP contribution in [-0.4, -0.2) is 28.2 Å². The predicted octanol–water partition coefficient (Wildman–Crippen LogP) is 2.07. The second-order valence-electron chi connectivity index (χ2n) is 6.43. The van der Waals surface area contributed by atoms with Crippen molar-refractivity contribution < 1.29 is 15.0 Å². The average molecular weight is 252 g/mol. The average Bonchev–Trinajstić information content (AvgIpc) is 2.36. The van der Waals surface area contributed by atoms with Crippen LogP contribution < -0.4 is 0 Å². The van der Waals surface area contributed by atoms with Gasteiger partial charge < -0.3 is 10.2 Å². The fourth-order valence-electron chi connectivity index (χ4n) is 3.83. The number of aliphatic hydroxyl groups excluding tert-OH is 1. The molecule has 18 heavy (non-hydrogen) atoms. The molecule has 3 nitrogen and oxygen atoms in total. The molecule has 2 aliphatic carbocycles. The smallest absolute Gasteiger partial charge is 0.138 e. The number of fused-ring (bicyclic) bond motifs is 1. The first-order valence-electron chi connectivity index (χ1n) is 6.88. The summed E-state index contributed by atoms with van der Waals surface area (Å²) in [6, 6.07) is 0. The van der Waals surface area contributed by atoms with Crippen molar-refractivity contribution in [3.05, 3.63) is 12.2 Å². The Kier molecular flexibility index (Phi) is 3.41. The minimum atomic E-state index is -0.927. The molecule has 0 aliphatic heterocycles. The third kappa shape index (κ3) is 1.84. The highest BCUT2D eigenvalue weighted by Crippen LogP contribution is 2.56. The first-order valence-corrected chi connectivity index (χ1v) is 6.88. The molecule has 0 spiro atoms. The zero-order valence-electron chi connectivity index (χ0n) is 11.4. The van der Waals surface area contributed by atoms with Crippen LogP contribution in [0.2, 0.25) is 0 Å². The van der Waals surface area contributed by atoms with E-state index in [0.29, 0.717) is 12.8 Å². The zero-order chi connectivity index (χ0) is 13.6. The number of Topliss-reactive ketones (excluding diaryl/α,β-unsaturated/α-hetero) is 1. The molecule has 4 atom stereocenters. The van der Waals surface area contributed by atoms with Gasteiger partial charge in [-0.1, -0.05) is 20.4 Å². The fraction of sp³-hybridized carbons (Fsp3) is 0.800. The Balaban J connectivity index is 2.28. The standard InChI is InChI=1S/C15H24O3/c1-10(9-16)12-4-6-14(3)7-5-13(17)11(2)15(14,18)8-12/h11-12,16,18H,1,4-9H2,2-3H3. The molecule has 0 aromatic heterocycles. The first kappa shape index (κ1) is 13.8. The van der Waals surface area contributed by atoms with Gasteiger partial charge in [-0.15, -0.1) is 0 Å². The molecule has 2 rings (SSSR count). The fourth-order valence-corrected chi connectivity index (χ4v) is 3.83. The molecule has 0 radical (unpaired) electrons. The zero-order valence-corrected chi connectivity index (χ0v) is 11.4. The van der Waals surface area contributed by atoms with Gasteiger partial charge in [0.2, 0.25) is 0 Å². The van der Waals surface area contributed by atoms with Crippen molar-refractivity contribution in [3.8, 4) is 0 Å². The number of hydrogen-bond acceptors (Lipinski definition) is 3. The molecule has 0 amide bonds. The normalized spacial score (nSPS) is 44.6. The third-order valence-electron chi connectivity index (χ3n) is 5.55. The summed E-state index contributed by atoms with van der Waals surface area (Å²) in [5, 5.41) is 20.3. The summed E-state index contributed by atoms with van der Waals surface area (Å²) >= 11 is 0. The number of ketones is 1. The molecular formula is C15H24O3. The van der Waals surface area contributed by atoms with E-state index in [9.17, 15) is 15.0 Å². The molecule has 0 aromatic carbocycles. The van der Waals surface area contributed by atoms with E-state index in [4.69, 9.17) is 0 Å². The summed E-state index contributed by atoms with van der Waals surface area (Å²) in [5.74, 6) is 0.0113. The van der Waals surface area contributed by atoms with E-state index in [-0.39, 0.29) is 29.6 Å². The van der Waals surface area contributed by atoms with Crippen molar-refractivity contribution in [1.82, 2.24) is 0 Å². The third-order valence-corrected chi connectivity index (χ3v) is 5.55. The Bertz CT molecular complexity index is 376. The van der Waals surface area contributed by atoms with E-state index < -0.39 is 5.60 Å². The van der Waals surface area contributed by atoms with Crippen molar-refractivity contribution >= 4 is 5.78 Å². The molecule has 0 heterocycles. The Morgan fingerprint density at radius 3 is 2.78 bits per heavy atom. The molecular weight excluding hydrogens is 228 g/mol. The Morgan fingerprint density at radius 2 is 2.17 bits per heavy atom. The van der Waals surface area contributed by atoms with E-state index in [1.54, 1.807) is 0 Å². The molecule has 2 aliphatic rings. The van der Waals surface area contributed by atoms with Crippen LogP contribution in [0.25, 0.3) is 0 Å². The van der Waals surface area contributed by atoms with Crippen LogP contribution in [0.5, 0.6) is 0 Å². The quantitative estimate of drug-likeness (QED) is 0.740. The van der Waals surface area contributed by atoms with Crippen LogP contribution in [0.3, 0.4) is 0 Å². The lowest BCUT2D eigenvalue weighted by molar-refractivity contribution is -0.180. The lowest BCUT2D eigenvalue weighted by Gasteiger charge is -2.56. The van der Waals surface area contributed by atoms with Gasteiger partial charge in [0, 0.05) is 12.3 Å². The van der Waals surface area contributed by atoms with Gasteiger partial charge in [-0.3, -0.25) is 4.79 Å². The highest BCUT2D eigenvalue weighted by atomic mass is 16.3. The van der Waals surface area contributed by atoms with E-state index in [1.807, 2.05) is 6.92 Å². The maximum absolute atomic E-state index is 11.9. The van der Waals surface area contributed by atoms with Crippen LogP contribution in [0.1, 0.15) is 46.0 Å². The summed E-state index contributed by atoms with van der Waals surface area (Å²) in [5.41, 5.74) is -0.300. The number of rotatable bonds is 2. The summed E-state index contributed by atoms with van der Waals surface area (Å²) < 4.78 is 0. The molecule has 0 saturated heterocycles. The van der Waals surface area contributed by atoms with E-state index in [2.05, 4.69) is 13.5 Å². The maximum atomic E-state index is 11.9. The van der Waals surface area contributed by atoms with Crippen molar-refractivity contribution in [2.45, 2.75) is 51.6 Å². The van der Waals surface area contributed by atoms with Gasteiger partial charge in [0.15, 0.2) is 0 Å². The first-order chi connectivity index (χ1) is 8.34. The van der Waals surface area contributed by atoms with Crippen molar-refractivity contribution in [2.75, 3.05) is 6.61 Å². The molecule has 2 N–H and O–H groups in total. The van der Waals surface area contributed by atoms with Gasteiger partial charge in [-0.25, -0.2) is 0 Å². The summed E-state index contributed by atoms with van der Waals surface area (Å²) in [6.07, 6.45) is 3.80. The summed E-state index contributed by atoms with van der Waals surface area (Å²) in [4.78, 5) is 11.9. The lowest BCUT2D eigenvalue weighted by atomic mass is 9.51. The van der Waals surface area contributed by atoms with E-state index >= 15 is 0 Å². The molecule has 0 bridgehead atoms. The second kappa shape index (κ2) is 4.46. The Morgan fingerprint density at radius 1 is 1.50 bits per heavy atom. The van der Waals surface area contributed by atoms with Crippen LogP contribution >= 0.6 is 0 Å². The van der Waals surface area contributed by atoms with Gasteiger partial charge in [0.05, 0.1) is 12.2 Å². The number of carbonyl (C=O) groups is 1. The van der Waals surface area contributed by atoms with Gasteiger partial charge >= 0.3 is 0 Å². The van der Waals surface area contributed by atoms with Crippen LogP contribution in [-0.2, 0) is 4.79 Å². The van der Waals surface area contributed by atoms with E-state index in [0.717, 1.165) is 24.8 Å². The lowest BCUT2D eigenvalue weighted by Crippen LogP contribution is -2.60. The second-order valence-corrected chi connectivity index (χ2v) is 6.43. The predicted molar refractivity (Wildman–Crippen MR) is 70.0 cm³/mol. The minimum absolute atomic E-state index is 0.0280. The highest BCUT2D eigenvalue weighted by Gasteiger charge is 2.57. The van der Waals surface area contributed by atoms with Crippen LogP contribution in [0, 0.1) is 17.3 Å². The molecule has 3 heteroatoms. The Labute approximate surface area is 109 Å². The molecule has 4 unspecified atom stereocenters. The molecule has 2 fully saturated rings. The monoisotopic (exact) mass is 252 g/mol. The topological polar surface area (TPSA) is 57.5 Å². The molecule has 2 saturated carbocycles. The van der Waals surface area contributed by atoms with Crippen molar-refractivity contribution in [3.63, 3.8) is 0 Å². The van der Waals surface area contributed by atoms with Crippen molar-refractivity contribution in [1.29, 1.82) is 0 Å². The number of aliphatic hydroxyl groups is 2. The van der Waals surface area contributed by atoms with Gasteiger partial charge in [-0.05, 0) is 42.6 Å². The minimum Gasteiger partial charge on any atom is -0.392 e. The van der Waals surface area contributed by atoms with Crippen LogP contribution in [0.15, 0.2) is 12.2 Å². The number of hydrogen-bond donors (Lipinski definition) is 2.